The second-order valence-electron chi connectivity index (χ2n) is 6.49. The summed E-state index contributed by atoms with van der Waals surface area (Å²) < 4.78 is 62.3. The lowest BCUT2D eigenvalue weighted by atomic mass is 9.93. The fourth-order valence-corrected chi connectivity index (χ4v) is 3.78. The van der Waals surface area contributed by atoms with Gasteiger partial charge in [-0.2, -0.15) is 27.6 Å². The summed E-state index contributed by atoms with van der Waals surface area (Å²) in [5.74, 6) is -0.413. The SMILES string of the molecule is FC(F)Oc1ccc([C@@H]2C[C@H](c3ccc(I)cc3)Nc3ncnn32)cc1OC(F)F. The van der Waals surface area contributed by atoms with Gasteiger partial charge in [0.25, 0.3) is 0 Å². The normalized spacial score (nSPS) is 18.2. The first-order valence-electron chi connectivity index (χ1n) is 8.86. The van der Waals surface area contributed by atoms with Crippen molar-refractivity contribution in [3.05, 3.63) is 63.5 Å². The highest BCUT2D eigenvalue weighted by Crippen LogP contribution is 2.40. The molecule has 3 aromatic rings. The third-order valence-corrected chi connectivity index (χ3v) is 5.41. The predicted molar refractivity (Wildman–Crippen MR) is 108 cm³/mol. The molecule has 158 valence electrons. The van der Waals surface area contributed by atoms with Gasteiger partial charge in [-0.25, -0.2) is 4.68 Å². The molecule has 0 bridgehead atoms. The quantitative estimate of drug-likeness (QED) is 0.347. The number of nitrogens with one attached hydrogen (secondary N) is 1. The highest BCUT2D eigenvalue weighted by Gasteiger charge is 2.31. The van der Waals surface area contributed by atoms with Crippen LogP contribution in [0.25, 0.3) is 0 Å². The van der Waals surface area contributed by atoms with Gasteiger partial charge in [0.15, 0.2) is 11.5 Å². The zero-order valence-electron chi connectivity index (χ0n) is 15.2. The van der Waals surface area contributed by atoms with Gasteiger partial charge in [0.2, 0.25) is 5.95 Å². The maximum atomic E-state index is 12.8. The number of fused-ring (bicyclic) bond motifs is 1. The molecule has 0 amide bonds. The van der Waals surface area contributed by atoms with Crippen molar-refractivity contribution < 1.29 is 27.0 Å². The summed E-state index contributed by atoms with van der Waals surface area (Å²) in [6.45, 7) is -6.35. The number of nitrogens with zero attached hydrogens (tertiary/aromatic N) is 3. The van der Waals surface area contributed by atoms with Crippen LogP contribution in [0, 0.1) is 3.57 Å². The van der Waals surface area contributed by atoms with Crippen molar-refractivity contribution in [3.8, 4) is 11.5 Å². The molecule has 4 rings (SSSR count). The Morgan fingerprint density at radius 3 is 2.33 bits per heavy atom. The van der Waals surface area contributed by atoms with Crippen LogP contribution in [0.5, 0.6) is 11.5 Å². The van der Waals surface area contributed by atoms with Crippen LogP contribution in [0.1, 0.15) is 29.6 Å². The van der Waals surface area contributed by atoms with E-state index in [0.717, 1.165) is 9.13 Å². The highest BCUT2D eigenvalue weighted by atomic mass is 127. The maximum absolute atomic E-state index is 12.8. The van der Waals surface area contributed by atoms with E-state index in [1.54, 1.807) is 4.68 Å². The van der Waals surface area contributed by atoms with Gasteiger partial charge < -0.3 is 14.8 Å². The van der Waals surface area contributed by atoms with Crippen LogP contribution in [-0.4, -0.2) is 28.0 Å². The van der Waals surface area contributed by atoms with Gasteiger partial charge in [-0.05, 0) is 64.4 Å². The third-order valence-electron chi connectivity index (χ3n) is 4.69. The number of benzene rings is 2. The van der Waals surface area contributed by atoms with Crippen LogP contribution >= 0.6 is 22.6 Å². The molecule has 1 N–H and O–H groups in total. The van der Waals surface area contributed by atoms with Crippen LogP contribution in [-0.2, 0) is 0 Å². The molecule has 0 saturated carbocycles. The lowest BCUT2D eigenvalue weighted by molar-refractivity contribution is -0.0692. The monoisotopic (exact) mass is 534 g/mol. The van der Waals surface area contributed by atoms with Crippen molar-refractivity contribution in [2.45, 2.75) is 31.7 Å². The number of halogens is 5. The molecule has 2 atom stereocenters. The zero-order valence-corrected chi connectivity index (χ0v) is 17.3. The Balaban J connectivity index is 1.70. The average Bonchev–Trinajstić information content (AvgIpc) is 3.17. The lowest BCUT2D eigenvalue weighted by Crippen LogP contribution is -2.28. The first kappa shape index (κ1) is 20.7. The number of anilines is 1. The Morgan fingerprint density at radius 2 is 1.63 bits per heavy atom. The van der Waals surface area contributed by atoms with Crippen molar-refractivity contribution in [3.63, 3.8) is 0 Å². The standard InChI is InChI=1S/C19H15F4IN4O2/c20-17(21)29-15-6-3-11(7-16(15)30-18(22)23)14-8-13(10-1-4-12(24)5-2-10)27-19-25-9-26-28(14)19/h1-7,9,13-14,17-18H,8H2,(H,25,26,27)/t13-,14+/m1/s1. The zero-order chi connectivity index (χ0) is 21.3. The van der Waals surface area contributed by atoms with Crippen LogP contribution in [0.15, 0.2) is 48.8 Å². The topological polar surface area (TPSA) is 61.2 Å². The van der Waals surface area contributed by atoms with E-state index >= 15 is 0 Å². The lowest BCUT2D eigenvalue weighted by Gasteiger charge is -2.32. The average molecular weight is 534 g/mol. The van der Waals surface area contributed by atoms with Crippen LogP contribution in [0.3, 0.4) is 0 Å². The molecule has 2 aromatic carbocycles. The Bertz CT molecular complexity index is 1020. The molecule has 0 unspecified atom stereocenters. The molecule has 11 heteroatoms. The van der Waals surface area contributed by atoms with Gasteiger partial charge in [0, 0.05) is 3.57 Å². The Morgan fingerprint density at radius 1 is 0.967 bits per heavy atom. The number of rotatable bonds is 6. The molecular weight excluding hydrogens is 519 g/mol. The second-order valence-corrected chi connectivity index (χ2v) is 7.74. The van der Waals surface area contributed by atoms with Gasteiger partial charge in [0.1, 0.15) is 6.33 Å². The number of ether oxygens (including phenoxy) is 2. The fourth-order valence-electron chi connectivity index (χ4n) is 3.42. The van der Waals surface area contributed by atoms with Crippen molar-refractivity contribution in [2.75, 3.05) is 5.32 Å². The largest absolute Gasteiger partial charge is 0.431 e. The van der Waals surface area contributed by atoms with E-state index in [1.807, 2.05) is 24.3 Å². The number of aromatic nitrogens is 3. The van der Waals surface area contributed by atoms with Crippen LogP contribution in [0.4, 0.5) is 23.5 Å². The summed E-state index contributed by atoms with van der Waals surface area (Å²) in [5, 5.41) is 7.53. The van der Waals surface area contributed by atoms with E-state index in [9.17, 15) is 17.6 Å². The molecule has 0 spiro atoms. The molecule has 0 fully saturated rings. The molecule has 0 radical (unpaired) electrons. The van der Waals surface area contributed by atoms with E-state index in [-0.39, 0.29) is 12.1 Å². The van der Waals surface area contributed by atoms with Crippen molar-refractivity contribution in [2.24, 2.45) is 0 Å². The van der Waals surface area contributed by atoms with Crippen molar-refractivity contribution >= 4 is 28.5 Å². The summed E-state index contributed by atoms with van der Waals surface area (Å²) in [5.41, 5.74) is 1.58. The molecular formula is C19H15F4IN4O2. The van der Waals surface area contributed by atoms with E-state index in [0.29, 0.717) is 17.9 Å². The predicted octanol–water partition coefficient (Wildman–Crippen LogP) is 5.23. The molecule has 6 nitrogen and oxygen atoms in total. The van der Waals surface area contributed by atoms with Gasteiger partial charge in [0.05, 0.1) is 12.1 Å². The smallest absolute Gasteiger partial charge is 0.387 e. The minimum absolute atomic E-state index is 0.111. The van der Waals surface area contributed by atoms with Gasteiger partial charge in [-0.3, -0.25) is 0 Å². The summed E-state index contributed by atoms with van der Waals surface area (Å²) in [7, 11) is 0. The minimum atomic E-state index is -3.19. The summed E-state index contributed by atoms with van der Waals surface area (Å²) in [6.07, 6.45) is 1.91. The van der Waals surface area contributed by atoms with E-state index in [2.05, 4.69) is 47.5 Å². The van der Waals surface area contributed by atoms with E-state index in [1.165, 1.54) is 24.5 Å². The summed E-state index contributed by atoms with van der Waals surface area (Å²) >= 11 is 2.22. The number of alkyl halides is 4. The molecule has 30 heavy (non-hydrogen) atoms. The Kier molecular flexibility index (Phi) is 5.97. The van der Waals surface area contributed by atoms with Gasteiger partial charge in [-0.15, -0.1) is 0 Å². The van der Waals surface area contributed by atoms with E-state index in [4.69, 9.17) is 0 Å². The fraction of sp³-hybridized carbons (Fsp3) is 0.263. The highest BCUT2D eigenvalue weighted by molar-refractivity contribution is 14.1. The molecule has 0 aliphatic carbocycles. The molecule has 0 saturated heterocycles. The molecule has 1 aromatic heterocycles. The summed E-state index contributed by atoms with van der Waals surface area (Å²) in [6, 6.07) is 11.5. The van der Waals surface area contributed by atoms with Gasteiger partial charge in [-0.1, -0.05) is 18.2 Å². The number of hydrogen-bond donors (Lipinski definition) is 1. The first-order valence-corrected chi connectivity index (χ1v) is 9.93. The molecule has 1 aliphatic rings. The Hall–Kier alpha value is -2.57. The van der Waals surface area contributed by atoms with Crippen LogP contribution < -0.4 is 14.8 Å². The second kappa shape index (κ2) is 8.66. The third kappa shape index (κ3) is 4.45. The van der Waals surface area contributed by atoms with Crippen molar-refractivity contribution in [1.82, 2.24) is 14.8 Å². The first-order chi connectivity index (χ1) is 14.4. The molecule has 1 aliphatic heterocycles. The van der Waals surface area contributed by atoms with Gasteiger partial charge >= 0.3 is 13.2 Å². The Labute approximate surface area is 182 Å². The minimum Gasteiger partial charge on any atom is -0.431 e. The number of hydrogen-bond acceptors (Lipinski definition) is 5. The van der Waals surface area contributed by atoms with Crippen molar-refractivity contribution in [1.29, 1.82) is 0 Å². The summed E-state index contributed by atoms with van der Waals surface area (Å²) in [4.78, 5) is 4.22. The maximum Gasteiger partial charge on any atom is 0.387 e. The van der Waals surface area contributed by atoms with E-state index < -0.39 is 24.7 Å². The molecule has 2 heterocycles. The van der Waals surface area contributed by atoms with Crippen LogP contribution in [0.2, 0.25) is 0 Å².